The molecule has 2 N–H and O–H groups in total. The second-order valence-corrected chi connectivity index (χ2v) is 7.21. The summed E-state index contributed by atoms with van der Waals surface area (Å²) < 4.78 is 5.38. The number of nitrogens with zero attached hydrogens (tertiary/aromatic N) is 1. The van der Waals surface area contributed by atoms with E-state index in [2.05, 4.69) is 45.3 Å². The summed E-state index contributed by atoms with van der Waals surface area (Å²) in [7, 11) is 1.71. The van der Waals surface area contributed by atoms with Gasteiger partial charge in [-0.25, -0.2) is 0 Å². The number of aromatic amines is 1. The van der Waals surface area contributed by atoms with E-state index < -0.39 is 0 Å². The monoisotopic (exact) mass is 352 g/mol. The molecule has 128 valence electrons. The average molecular weight is 352 g/mol. The highest BCUT2D eigenvalue weighted by Gasteiger charge is 2.21. The fraction of sp³-hybridized carbons (Fsp3) is 0.300. The minimum absolute atomic E-state index is 0.0931. The predicted molar refractivity (Wildman–Crippen MR) is 101 cm³/mol. The summed E-state index contributed by atoms with van der Waals surface area (Å²) >= 11 is 1.73. The molecule has 0 bridgehead atoms. The molecular weight excluding hydrogens is 332 g/mol. The summed E-state index contributed by atoms with van der Waals surface area (Å²) in [5.41, 5.74) is 4.91. The molecule has 1 aliphatic heterocycles. The summed E-state index contributed by atoms with van der Waals surface area (Å²) in [4.78, 5) is 7.34. The van der Waals surface area contributed by atoms with E-state index >= 15 is 0 Å². The van der Waals surface area contributed by atoms with Crippen molar-refractivity contribution >= 4 is 22.2 Å². The molecule has 0 amide bonds. The Balaban J connectivity index is 1.55. The summed E-state index contributed by atoms with van der Waals surface area (Å²) in [6.07, 6.45) is 1.04. The van der Waals surface area contributed by atoms with Crippen LogP contribution in [0.15, 0.2) is 29.6 Å². The predicted octanol–water partition coefficient (Wildman–Crippen LogP) is 3.14. The first kappa shape index (κ1) is 16.2. The lowest BCUT2D eigenvalue weighted by atomic mass is 10.0. The SMILES string of the molecule is COc1ccc2[nH]c3c(c2c1)CN(Cc1cc(C#CCO)cs1)CC3. The zero-order chi connectivity index (χ0) is 17.2. The number of fused-ring (bicyclic) bond motifs is 3. The lowest BCUT2D eigenvalue weighted by Crippen LogP contribution is -2.29. The molecule has 1 aromatic carbocycles. The first-order chi connectivity index (χ1) is 12.3. The molecule has 0 spiro atoms. The molecule has 0 aliphatic carbocycles. The van der Waals surface area contributed by atoms with E-state index in [1.54, 1.807) is 18.4 Å². The van der Waals surface area contributed by atoms with Gasteiger partial charge in [0.1, 0.15) is 12.4 Å². The first-order valence-corrected chi connectivity index (χ1v) is 9.22. The van der Waals surface area contributed by atoms with Crippen molar-refractivity contribution in [2.24, 2.45) is 0 Å². The number of nitrogens with one attached hydrogen (secondary N) is 1. The Kier molecular flexibility index (Phi) is 4.50. The van der Waals surface area contributed by atoms with Crippen molar-refractivity contribution in [3.63, 3.8) is 0 Å². The number of hydrogen-bond acceptors (Lipinski definition) is 4. The Morgan fingerprint density at radius 1 is 1.36 bits per heavy atom. The minimum Gasteiger partial charge on any atom is -0.497 e. The van der Waals surface area contributed by atoms with Gasteiger partial charge in [-0.2, -0.15) is 0 Å². The number of hydrogen-bond donors (Lipinski definition) is 2. The van der Waals surface area contributed by atoms with Gasteiger partial charge in [0, 0.05) is 58.5 Å². The summed E-state index contributed by atoms with van der Waals surface area (Å²) in [5.74, 6) is 6.58. The third-order valence-corrected chi connectivity index (χ3v) is 5.53. The minimum atomic E-state index is -0.0931. The van der Waals surface area contributed by atoms with Crippen LogP contribution in [0.1, 0.15) is 21.7 Å². The quantitative estimate of drug-likeness (QED) is 0.712. The van der Waals surface area contributed by atoms with E-state index in [9.17, 15) is 0 Å². The van der Waals surface area contributed by atoms with Crippen molar-refractivity contribution in [2.75, 3.05) is 20.3 Å². The first-order valence-electron chi connectivity index (χ1n) is 8.34. The largest absolute Gasteiger partial charge is 0.497 e. The maximum Gasteiger partial charge on any atom is 0.119 e. The van der Waals surface area contributed by atoms with Crippen molar-refractivity contribution in [2.45, 2.75) is 19.5 Å². The third-order valence-electron chi connectivity index (χ3n) is 4.61. The van der Waals surface area contributed by atoms with Gasteiger partial charge in [-0.05, 0) is 29.8 Å². The van der Waals surface area contributed by atoms with Crippen LogP contribution in [-0.2, 0) is 19.5 Å². The normalized spacial score (nSPS) is 14.2. The van der Waals surface area contributed by atoms with Gasteiger partial charge in [0.2, 0.25) is 0 Å². The standard InChI is InChI=1S/C20H20N2O2S/c1-24-15-4-5-19-17(10-15)18-12-22(7-6-20(18)21-19)11-16-9-14(13-25-16)3-2-8-23/h4-5,9-10,13,21,23H,6-8,11-12H2,1H3. The molecular formula is C20H20N2O2S. The van der Waals surface area contributed by atoms with Gasteiger partial charge in [-0.3, -0.25) is 4.90 Å². The molecule has 4 nitrogen and oxygen atoms in total. The van der Waals surface area contributed by atoms with E-state index in [1.165, 1.54) is 27.0 Å². The third kappa shape index (κ3) is 3.29. The van der Waals surface area contributed by atoms with Crippen molar-refractivity contribution in [1.82, 2.24) is 9.88 Å². The number of H-pyrrole nitrogens is 1. The second-order valence-electron chi connectivity index (χ2n) is 6.22. The van der Waals surface area contributed by atoms with Crippen molar-refractivity contribution in [3.8, 4) is 17.6 Å². The molecule has 0 radical (unpaired) electrons. The molecule has 3 heterocycles. The number of aromatic nitrogens is 1. The van der Waals surface area contributed by atoms with Gasteiger partial charge in [0.15, 0.2) is 0 Å². The molecule has 4 rings (SSSR count). The van der Waals surface area contributed by atoms with Crippen molar-refractivity contribution in [3.05, 3.63) is 51.3 Å². The molecule has 5 heteroatoms. The van der Waals surface area contributed by atoms with Gasteiger partial charge < -0.3 is 14.8 Å². The van der Waals surface area contributed by atoms with Crippen molar-refractivity contribution < 1.29 is 9.84 Å². The van der Waals surface area contributed by atoms with Gasteiger partial charge >= 0.3 is 0 Å². The highest BCUT2D eigenvalue weighted by atomic mass is 32.1. The fourth-order valence-electron chi connectivity index (χ4n) is 3.40. The van der Waals surface area contributed by atoms with Gasteiger partial charge in [-0.1, -0.05) is 11.8 Å². The molecule has 0 atom stereocenters. The molecule has 0 saturated carbocycles. The zero-order valence-electron chi connectivity index (χ0n) is 14.1. The molecule has 2 aromatic heterocycles. The number of aliphatic hydroxyl groups excluding tert-OH is 1. The van der Waals surface area contributed by atoms with E-state index in [-0.39, 0.29) is 6.61 Å². The lowest BCUT2D eigenvalue weighted by molar-refractivity contribution is 0.248. The Hall–Kier alpha value is -2.26. The summed E-state index contributed by atoms with van der Waals surface area (Å²) in [6.45, 7) is 2.83. The Bertz CT molecular complexity index is 961. The Morgan fingerprint density at radius 3 is 3.12 bits per heavy atom. The maximum atomic E-state index is 8.80. The molecule has 0 unspecified atom stereocenters. The van der Waals surface area contributed by atoms with Crippen LogP contribution in [0, 0.1) is 11.8 Å². The van der Waals surface area contributed by atoms with Gasteiger partial charge in [0.25, 0.3) is 0 Å². The number of aliphatic hydroxyl groups is 1. The Labute approximate surface area is 151 Å². The topological polar surface area (TPSA) is 48.5 Å². The van der Waals surface area contributed by atoms with Crippen molar-refractivity contribution in [1.29, 1.82) is 0 Å². The number of benzene rings is 1. The van der Waals surface area contributed by atoms with E-state index in [0.29, 0.717) is 0 Å². The van der Waals surface area contributed by atoms with Gasteiger partial charge in [-0.15, -0.1) is 11.3 Å². The lowest BCUT2D eigenvalue weighted by Gasteiger charge is -2.26. The van der Waals surface area contributed by atoms with Crippen LogP contribution in [0.25, 0.3) is 10.9 Å². The van der Waals surface area contributed by atoms with Gasteiger partial charge in [0.05, 0.1) is 7.11 Å². The number of rotatable bonds is 3. The van der Waals surface area contributed by atoms with Crippen LogP contribution >= 0.6 is 11.3 Å². The van der Waals surface area contributed by atoms with Crippen LogP contribution in [0.3, 0.4) is 0 Å². The summed E-state index contributed by atoms with van der Waals surface area (Å²) in [5, 5.41) is 12.1. The molecule has 0 saturated heterocycles. The number of thiophene rings is 1. The molecule has 25 heavy (non-hydrogen) atoms. The van der Waals surface area contributed by atoms with Crippen LogP contribution in [0.5, 0.6) is 5.75 Å². The molecule has 3 aromatic rings. The fourth-order valence-corrected chi connectivity index (χ4v) is 4.26. The average Bonchev–Trinajstić information content (AvgIpc) is 3.23. The molecule has 1 aliphatic rings. The van der Waals surface area contributed by atoms with Crippen LogP contribution in [0.4, 0.5) is 0 Å². The highest BCUT2D eigenvalue weighted by Crippen LogP contribution is 2.31. The summed E-state index contributed by atoms with van der Waals surface area (Å²) in [6, 6.07) is 8.36. The van der Waals surface area contributed by atoms with Crippen LogP contribution in [-0.4, -0.2) is 35.3 Å². The molecule has 0 fully saturated rings. The van der Waals surface area contributed by atoms with E-state index in [0.717, 1.165) is 37.4 Å². The van der Waals surface area contributed by atoms with Crippen LogP contribution in [0.2, 0.25) is 0 Å². The number of methoxy groups -OCH3 is 1. The maximum absolute atomic E-state index is 8.80. The highest BCUT2D eigenvalue weighted by molar-refractivity contribution is 7.10. The second kappa shape index (κ2) is 6.93. The van der Waals surface area contributed by atoms with E-state index in [4.69, 9.17) is 9.84 Å². The van der Waals surface area contributed by atoms with Crippen LogP contribution < -0.4 is 4.74 Å². The Morgan fingerprint density at radius 2 is 2.28 bits per heavy atom. The smallest absolute Gasteiger partial charge is 0.119 e. The zero-order valence-corrected chi connectivity index (χ0v) is 14.9. The van der Waals surface area contributed by atoms with E-state index in [1.807, 2.05) is 6.07 Å². The number of ether oxygens (including phenoxy) is 1.